The van der Waals surface area contributed by atoms with Crippen LogP contribution in [0, 0.1) is 0 Å². The van der Waals surface area contributed by atoms with Crippen LogP contribution in [0.1, 0.15) is 25.7 Å². The summed E-state index contributed by atoms with van der Waals surface area (Å²) in [6.07, 6.45) is 4.13. The first kappa shape index (κ1) is 23.4. The number of ether oxygens (including phenoxy) is 1. The molecule has 162 valence electrons. The van der Waals surface area contributed by atoms with Crippen LogP contribution in [-0.2, 0) is 9.59 Å². The Morgan fingerprint density at radius 3 is 2.63 bits per heavy atom. The van der Waals surface area contributed by atoms with Gasteiger partial charge in [-0.1, -0.05) is 42.5 Å². The van der Waals surface area contributed by atoms with Crippen molar-refractivity contribution in [1.82, 2.24) is 15.7 Å². The molecule has 2 rings (SSSR count). The van der Waals surface area contributed by atoms with Crippen LogP contribution in [0.5, 0.6) is 5.75 Å². The molecule has 2 amide bonds. The van der Waals surface area contributed by atoms with Gasteiger partial charge in [0.05, 0.1) is 5.57 Å². The summed E-state index contributed by atoms with van der Waals surface area (Å²) < 4.78 is 6.01. The van der Waals surface area contributed by atoms with Crippen molar-refractivity contribution in [2.75, 3.05) is 33.8 Å². The minimum Gasteiger partial charge on any atom is -0.488 e. The Kier molecular flexibility index (Phi) is 9.83. The summed E-state index contributed by atoms with van der Waals surface area (Å²) in [7, 11) is 3.91. The van der Waals surface area contributed by atoms with Gasteiger partial charge in [0, 0.05) is 24.9 Å². The van der Waals surface area contributed by atoms with E-state index >= 15 is 0 Å². The Morgan fingerprint density at radius 1 is 1.10 bits per heavy atom. The minimum atomic E-state index is -0.403. The number of benzene rings is 2. The van der Waals surface area contributed by atoms with Crippen LogP contribution in [0.15, 0.2) is 54.1 Å². The fraction of sp³-hybridized carbons (Fsp3) is 0.391. The SMILES string of the molecule is CN(C)CCNC(=O)/C(=C/CCCCC(=O)NO)COc1cccc2ccccc12. The van der Waals surface area contributed by atoms with Gasteiger partial charge in [-0.2, -0.15) is 0 Å². The van der Waals surface area contributed by atoms with Crippen LogP contribution in [0.25, 0.3) is 10.8 Å². The molecular formula is C23H31N3O4. The van der Waals surface area contributed by atoms with E-state index < -0.39 is 5.91 Å². The molecule has 0 aromatic heterocycles. The zero-order chi connectivity index (χ0) is 21.8. The second kappa shape index (κ2) is 12.6. The Labute approximate surface area is 177 Å². The normalized spacial score (nSPS) is 11.5. The molecule has 3 N–H and O–H groups in total. The van der Waals surface area contributed by atoms with E-state index in [1.165, 1.54) is 0 Å². The zero-order valence-electron chi connectivity index (χ0n) is 17.7. The summed E-state index contributed by atoms with van der Waals surface area (Å²) in [6.45, 7) is 1.46. The number of hydrogen-bond donors (Lipinski definition) is 3. The van der Waals surface area contributed by atoms with Gasteiger partial charge in [-0.05, 0) is 44.8 Å². The second-order valence-corrected chi connectivity index (χ2v) is 7.34. The maximum absolute atomic E-state index is 12.7. The second-order valence-electron chi connectivity index (χ2n) is 7.34. The molecule has 0 spiro atoms. The van der Waals surface area contributed by atoms with Crippen molar-refractivity contribution in [3.05, 3.63) is 54.1 Å². The minimum absolute atomic E-state index is 0.148. The number of rotatable bonds is 12. The highest BCUT2D eigenvalue weighted by atomic mass is 16.5. The molecule has 7 nitrogen and oxygen atoms in total. The molecular weight excluding hydrogens is 382 g/mol. The largest absolute Gasteiger partial charge is 0.488 e. The molecule has 0 saturated heterocycles. The van der Waals surface area contributed by atoms with Gasteiger partial charge in [-0.25, -0.2) is 5.48 Å². The van der Waals surface area contributed by atoms with Crippen LogP contribution in [-0.4, -0.2) is 55.7 Å². The lowest BCUT2D eigenvalue weighted by molar-refractivity contribution is -0.129. The van der Waals surface area contributed by atoms with Crippen molar-refractivity contribution in [3.63, 3.8) is 0 Å². The van der Waals surface area contributed by atoms with Crippen LogP contribution >= 0.6 is 0 Å². The van der Waals surface area contributed by atoms with E-state index in [4.69, 9.17) is 9.94 Å². The molecule has 0 aliphatic rings. The molecule has 0 saturated carbocycles. The van der Waals surface area contributed by atoms with Gasteiger partial charge in [0.2, 0.25) is 11.8 Å². The average Bonchev–Trinajstić information content (AvgIpc) is 2.75. The van der Waals surface area contributed by atoms with Gasteiger partial charge < -0.3 is 15.0 Å². The molecule has 7 heteroatoms. The summed E-state index contributed by atoms with van der Waals surface area (Å²) in [6, 6.07) is 13.8. The first-order chi connectivity index (χ1) is 14.5. The maximum atomic E-state index is 12.7. The summed E-state index contributed by atoms with van der Waals surface area (Å²) in [5.74, 6) is 0.185. The molecule has 0 aliphatic heterocycles. The number of carbonyl (C=O) groups excluding carboxylic acids is 2. The third kappa shape index (κ3) is 7.85. The molecule has 0 heterocycles. The number of allylic oxidation sites excluding steroid dienone is 1. The quantitative estimate of drug-likeness (QED) is 0.215. The Bertz CT molecular complexity index is 859. The van der Waals surface area contributed by atoms with Gasteiger partial charge in [0.15, 0.2) is 0 Å². The first-order valence-electron chi connectivity index (χ1n) is 10.2. The van der Waals surface area contributed by atoms with Gasteiger partial charge >= 0.3 is 0 Å². The van der Waals surface area contributed by atoms with Crippen molar-refractivity contribution in [2.45, 2.75) is 25.7 Å². The number of nitrogens with zero attached hydrogens (tertiary/aromatic N) is 1. The number of likely N-dealkylation sites (N-methyl/N-ethyl adjacent to an activating group) is 1. The fourth-order valence-electron chi connectivity index (χ4n) is 2.96. The van der Waals surface area contributed by atoms with E-state index in [9.17, 15) is 9.59 Å². The van der Waals surface area contributed by atoms with Gasteiger partial charge in [0.25, 0.3) is 0 Å². The van der Waals surface area contributed by atoms with Crippen molar-refractivity contribution in [1.29, 1.82) is 0 Å². The van der Waals surface area contributed by atoms with E-state index in [2.05, 4.69) is 5.32 Å². The number of amides is 2. The summed E-state index contributed by atoms with van der Waals surface area (Å²) in [5.41, 5.74) is 2.19. The van der Waals surface area contributed by atoms with Crippen molar-refractivity contribution >= 4 is 22.6 Å². The molecule has 0 aliphatic carbocycles. The summed E-state index contributed by atoms with van der Waals surface area (Å²) in [4.78, 5) is 25.7. The van der Waals surface area contributed by atoms with Crippen LogP contribution < -0.4 is 15.5 Å². The number of hydroxylamine groups is 1. The highest BCUT2D eigenvalue weighted by Gasteiger charge is 2.11. The van der Waals surface area contributed by atoms with Gasteiger partial charge in [-0.15, -0.1) is 0 Å². The van der Waals surface area contributed by atoms with Crippen LogP contribution in [0.3, 0.4) is 0 Å². The van der Waals surface area contributed by atoms with E-state index in [0.29, 0.717) is 25.0 Å². The smallest absolute Gasteiger partial charge is 0.250 e. The number of fused-ring (bicyclic) bond motifs is 1. The number of nitrogens with one attached hydrogen (secondary N) is 2. The highest BCUT2D eigenvalue weighted by Crippen LogP contribution is 2.25. The van der Waals surface area contributed by atoms with Crippen LogP contribution in [0.2, 0.25) is 0 Å². The van der Waals surface area contributed by atoms with Gasteiger partial charge in [0.1, 0.15) is 12.4 Å². The molecule has 0 bridgehead atoms. The third-order valence-corrected chi connectivity index (χ3v) is 4.64. The lowest BCUT2D eigenvalue weighted by Crippen LogP contribution is -2.33. The topological polar surface area (TPSA) is 90.9 Å². The standard InChI is InChI=1S/C23H31N3O4/c1-26(2)16-15-24-23(28)19(10-4-3-5-14-22(27)25-29)17-30-21-13-8-11-18-9-6-7-12-20(18)21/h6-13,29H,3-5,14-17H2,1-2H3,(H,24,28)(H,25,27)/b19-10+. The summed E-state index contributed by atoms with van der Waals surface area (Å²) in [5, 5.41) is 13.6. The third-order valence-electron chi connectivity index (χ3n) is 4.64. The maximum Gasteiger partial charge on any atom is 0.250 e. The number of hydrogen-bond acceptors (Lipinski definition) is 5. The van der Waals surface area contributed by atoms with E-state index in [1.54, 1.807) is 5.48 Å². The molecule has 0 fully saturated rings. The lowest BCUT2D eigenvalue weighted by Gasteiger charge is -2.14. The zero-order valence-corrected chi connectivity index (χ0v) is 17.7. The van der Waals surface area contributed by atoms with Crippen LogP contribution in [0.4, 0.5) is 0 Å². The van der Waals surface area contributed by atoms with E-state index in [-0.39, 0.29) is 18.9 Å². The lowest BCUT2D eigenvalue weighted by atomic mass is 10.1. The van der Waals surface area contributed by atoms with E-state index in [0.717, 1.165) is 29.5 Å². The first-order valence-corrected chi connectivity index (χ1v) is 10.2. The predicted octanol–water partition coefficient (Wildman–Crippen LogP) is 2.89. The van der Waals surface area contributed by atoms with Crippen molar-refractivity contribution in [2.24, 2.45) is 0 Å². The molecule has 2 aromatic carbocycles. The average molecular weight is 414 g/mol. The molecule has 0 atom stereocenters. The molecule has 0 radical (unpaired) electrons. The van der Waals surface area contributed by atoms with E-state index in [1.807, 2.05) is 67.5 Å². The number of carbonyl (C=O) groups is 2. The fourth-order valence-corrected chi connectivity index (χ4v) is 2.96. The van der Waals surface area contributed by atoms with Gasteiger partial charge in [-0.3, -0.25) is 14.8 Å². The Hall–Kier alpha value is -2.90. The van der Waals surface area contributed by atoms with Crippen molar-refractivity contribution < 1.29 is 19.5 Å². The Balaban J connectivity index is 2.01. The molecule has 0 unspecified atom stereocenters. The van der Waals surface area contributed by atoms with Crippen molar-refractivity contribution in [3.8, 4) is 5.75 Å². The highest BCUT2D eigenvalue weighted by molar-refractivity contribution is 5.94. The predicted molar refractivity (Wildman–Crippen MR) is 117 cm³/mol. The molecule has 30 heavy (non-hydrogen) atoms. The number of unbranched alkanes of at least 4 members (excludes halogenated alkanes) is 2. The monoisotopic (exact) mass is 413 g/mol. The summed E-state index contributed by atoms with van der Waals surface area (Å²) >= 11 is 0. The Morgan fingerprint density at radius 2 is 1.87 bits per heavy atom. The molecule has 2 aromatic rings.